The average Bonchev–Trinajstić information content (AvgIpc) is 3.02. The minimum Gasteiger partial charge on any atom is -0.277 e. The van der Waals surface area contributed by atoms with Crippen molar-refractivity contribution in [3.63, 3.8) is 0 Å². The van der Waals surface area contributed by atoms with Gasteiger partial charge in [0, 0.05) is 12.4 Å². The summed E-state index contributed by atoms with van der Waals surface area (Å²) in [7, 11) is 0. The number of hydrogen-bond donors (Lipinski definition) is 1. The van der Waals surface area contributed by atoms with Gasteiger partial charge in [-0.2, -0.15) is 5.10 Å². The van der Waals surface area contributed by atoms with Crippen LogP contribution in [0.25, 0.3) is 20.5 Å². The van der Waals surface area contributed by atoms with Gasteiger partial charge in [-0.15, -0.1) is 22.7 Å². The molecule has 0 bridgehead atoms. The van der Waals surface area contributed by atoms with Crippen LogP contribution in [-0.2, 0) is 0 Å². The van der Waals surface area contributed by atoms with Gasteiger partial charge in [0.1, 0.15) is 5.01 Å². The maximum absolute atomic E-state index is 4.40. The molecule has 3 rings (SSSR count). The molecule has 3 aromatic rings. The molecule has 0 unspecified atom stereocenters. The topological polar surface area (TPSA) is 41.6 Å². The standard InChI is InChI=1S/C10H7N3S2/c1-2-8(14-5-1)10-11-6-9(15-10)7-3-4-12-13-7/h1-6H,(H,12,13). The second-order valence-electron chi connectivity index (χ2n) is 2.98. The van der Waals surface area contributed by atoms with Gasteiger partial charge in [-0.25, -0.2) is 4.98 Å². The number of nitrogens with zero attached hydrogens (tertiary/aromatic N) is 2. The third kappa shape index (κ3) is 1.60. The Hall–Kier alpha value is -1.46. The van der Waals surface area contributed by atoms with Crippen molar-refractivity contribution in [1.29, 1.82) is 0 Å². The van der Waals surface area contributed by atoms with Gasteiger partial charge in [-0.3, -0.25) is 5.10 Å². The lowest BCUT2D eigenvalue weighted by Crippen LogP contribution is -1.69. The fourth-order valence-electron chi connectivity index (χ4n) is 1.31. The van der Waals surface area contributed by atoms with Crippen molar-refractivity contribution >= 4 is 22.7 Å². The Labute approximate surface area is 94.4 Å². The van der Waals surface area contributed by atoms with Gasteiger partial charge in [0.15, 0.2) is 0 Å². The second kappa shape index (κ2) is 3.60. The molecule has 0 aliphatic heterocycles. The lowest BCUT2D eigenvalue weighted by Gasteiger charge is -1.87. The molecule has 3 nitrogen and oxygen atoms in total. The van der Waals surface area contributed by atoms with E-state index in [1.807, 2.05) is 18.3 Å². The molecule has 0 aromatic carbocycles. The van der Waals surface area contributed by atoms with Gasteiger partial charge < -0.3 is 0 Å². The maximum atomic E-state index is 4.40. The van der Waals surface area contributed by atoms with Crippen LogP contribution in [0.5, 0.6) is 0 Å². The lowest BCUT2D eigenvalue weighted by molar-refractivity contribution is 1.10. The molecule has 0 spiro atoms. The fourth-order valence-corrected chi connectivity index (χ4v) is 3.00. The van der Waals surface area contributed by atoms with E-state index in [9.17, 15) is 0 Å². The van der Waals surface area contributed by atoms with E-state index in [0.29, 0.717) is 0 Å². The molecule has 0 aliphatic rings. The van der Waals surface area contributed by atoms with Crippen LogP contribution in [0.4, 0.5) is 0 Å². The third-order valence-corrected chi connectivity index (χ3v) is 4.07. The molecule has 0 radical (unpaired) electrons. The van der Waals surface area contributed by atoms with Crippen LogP contribution in [-0.4, -0.2) is 15.2 Å². The summed E-state index contributed by atoms with van der Waals surface area (Å²) < 4.78 is 0. The van der Waals surface area contributed by atoms with Crippen LogP contribution >= 0.6 is 22.7 Å². The Morgan fingerprint density at radius 3 is 2.93 bits per heavy atom. The Morgan fingerprint density at radius 2 is 2.20 bits per heavy atom. The van der Waals surface area contributed by atoms with E-state index >= 15 is 0 Å². The van der Waals surface area contributed by atoms with Crippen molar-refractivity contribution < 1.29 is 0 Å². The monoisotopic (exact) mass is 233 g/mol. The second-order valence-corrected chi connectivity index (χ2v) is 4.96. The fraction of sp³-hybridized carbons (Fsp3) is 0. The number of nitrogens with one attached hydrogen (secondary N) is 1. The zero-order valence-corrected chi connectivity index (χ0v) is 9.31. The highest BCUT2D eigenvalue weighted by atomic mass is 32.1. The molecular weight excluding hydrogens is 226 g/mol. The quantitative estimate of drug-likeness (QED) is 0.738. The summed E-state index contributed by atoms with van der Waals surface area (Å²) in [6, 6.07) is 6.07. The highest BCUT2D eigenvalue weighted by Crippen LogP contribution is 2.32. The zero-order chi connectivity index (χ0) is 10.1. The molecule has 3 aromatic heterocycles. The molecule has 0 amide bonds. The lowest BCUT2D eigenvalue weighted by atomic mass is 10.4. The largest absolute Gasteiger partial charge is 0.277 e. The zero-order valence-electron chi connectivity index (χ0n) is 7.68. The first-order chi connectivity index (χ1) is 7.43. The van der Waals surface area contributed by atoms with Crippen LogP contribution in [0.3, 0.4) is 0 Å². The first-order valence-corrected chi connectivity index (χ1v) is 6.12. The minimum absolute atomic E-state index is 1.02. The van der Waals surface area contributed by atoms with Crippen molar-refractivity contribution in [1.82, 2.24) is 15.2 Å². The van der Waals surface area contributed by atoms with E-state index in [2.05, 4.69) is 26.6 Å². The predicted octanol–water partition coefficient (Wildman–Crippen LogP) is 3.26. The summed E-state index contributed by atoms with van der Waals surface area (Å²) >= 11 is 3.39. The van der Waals surface area contributed by atoms with E-state index in [-0.39, 0.29) is 0 Å². The maximum Gasteiger partial charge on any atom is 0.133 e. The Balaban J connectivity index is 2.02. The molecular formula is C10H7N3S2. The van der Waals surface area contributed by atoms with Gasteiger partial charge in [-0.1, -0.05) is 6.07 Å². The van der Waals surface area contributed by atoms with E-state index in [1.54, 1.807) is 28.9 Å². The summed E-state index contributed by atoms with van der Waals surface area (Å²) in [5.74, 6) is 0. The number of aromatic amines is 1. The number of H-pyrrole nitrogens is 1. The van der Waals surface area contributed by atoms with Gasteiger partial charge in [0.2, 0.25) is 0 Å². The number of thiophene rings is 1. The number of thiazole rings is 1. The highest BCUT2D eigenvalue weighted by Gasteiger charge is 2.07. The molecule has 0 aliphatic carbocycles. The third-order valence-electron chi connectivity index (χ3n) is 2.00. The van der Waals surface area contributed by atoms with E-state index in [1.165, 1.54) is 4.88 Å². The van der Waals surface area contributed by atoms with Gasteiger partial charge in [-0.05, 0) is 17.5 Å². The summed E-state index contributed by atoms with van der Waals surface area (Å²) in [5, 5.41) is 9.99. The Morgan fingerprint density at radius 1 is 1.20 bits per heavy atom. The molecule has 3 heterocycles. The van der Waals surface area contributed by atoms with Gasteiger partial charge in [0.25, 0.3) is 0 Å². The highest BCUT2D eigenvalue weighted by molar-refractivity contribution is 7.22. The smallest absolute Gasteiger partial charge is 0.133 e. The first-order valence-electron chi connectivity index (χ1n) is 4.43. The van der Waals surface area contributed by atoms with Crippen LogP contribution in [0, 0.1) is 0 Å². The molecule has 0 saturated heterocycles. The molecule has 0 atom stereocenters. The van der Waals surface area contributed by atoms with Gasteiger partial charge in [0.05, 0.1) is 15.4 Å². The molecule has 5 heteroatoms. The van der Waals surface area contributed by atoms with Crippen LogP contribution in [0.1, 0.15) is 0 Å². The van der Waals surface area contributed by atoms with E-state index in [4.69, 9.17) is 0 Å². The van der Waals surface area contributed by atoms with E-state index in [0.717, 1.165) is 15.6 Å². The van der Waals surface area contributed by atoms with Crippen molar-refractivity contribution in [3.05, 3.63) is 36.0 Å². The summed E-state index contributed by atoms with van der Waals surface area (Å²) in [6.07, 6.45) is 3.63. The normalized spacial score (nSPS) is 10.7. The Kier molecular flexibility index (Phi) is 2.12. The Bertz CT molecular complexity index is 488. The van der Waals surface area contributed by atoms with E-state index < -0.39 is 0 Å². The average molecular weight is 233 g/mol. The summed E-state index contributed by atoms with van der Waals surface area (Å²) in [4.78, 5) is 6.73. The molecule has 15 heavy (non-hydrogen) atoms. The van der Waals surface area contributed by atoms with Crippen molar-refractivity contribution in [2.24, 2.45) is 0 Å². The number of aromatic nitrogens is 3. The van der Waals surface area contributed by atoms with Crippen LogP contribution < -0.4 is 0 Å². The van der Waals surface area contributed by atoms with Crippen molar-refractivity contribution in [2.75, 3.05) is 0 Å². The summed E-state index contributed by atoms with van der Waals surface area (Å²) in [6.45, 7) is 0. The first kappa shape index (κ1) is 8.82. The molecule has 0 saturated carbocycles. The number of rotatable bonds is 2. The minimum atomic E-state index is 1.02. The molecule has 0 fully saturated rings. The molecule has 1 N–H and O–H groups in total. The van der Waals surface area contributed by atoms with Crippen molar-refractivity contribution in [2.45, 2.75) is 0 Å². The summed E-state index contributed by atoms with van der Waals surface area (Å²) in [5.41, 5.74) is 1.02. The van der Waals surface area contributed by atoms with Crippen LogP contribution in [0.15, 0.2) is 36.0 Å². The van der Waals surface area contributed by atoms with Crippen LogP contribution in [0.2, 0.25) is 0 Å². The van der Waals surface area contributed by atoms with Crippen molar-refractivity contribution in [3.8, 4) is 20.5 Å². The predicted molar refractivity (Wildman–Crippen MR) is 63.0 cm³/mol. The SMILES string of the molecule is c1csc(-c2ncc(-c3ccn[nH]3)s2)c1. The number of hydrogen-bond acceptors (Lipinski definition) is 4. The van der Waals surface area contributed by atoms with Gasteiger partial charge >= 0.3 is 0 Å². The molecule has 74 valence electrons.